The van der Waals surface area contributed by atoms with Gasteiger partial charge in [0, 0.05) is 21.9 Å². The number of hydrogen-bond donors (Lipinski definition) is 1. The van der Waals surface area contributed by atoms with E-state index in [0.717, 1.165) is 61.4 Å². The fourth-order valence-corrected chi connectivity index (χ4v) is 6.97. The molecule has 0 fully saturated rings. The molecule has 8 rings (SSSR count). The summed E-state index contributed by atoms with van der Waals surface area (Å²) >= 11 is 0. The maximum atomic E-state index is 6.85. The summed E-state index contributed by atoms with van der Waals surface area (Å²) < 4.78 is 6.37. The Kier molecular flexibility index (Phi) is 9.10. The number of benzene rings is 7. The fraction of sp³-hybridized carbons (Fsp3) is 0.0417. The Balaban J connectivity index is 1.19. The number of nitrogens with two attached hydrogens (primary N) is 1. The van der Waals surface area contributed by atoms with Gasteiger partial charge in [-0.15, -0.1) is 0 Å². The zero-order chi connectivity index (χ0) is 35.3. The number of allylic oxidation sites excluding steroid dienone is 5. The predicted molar refractivity (Wildman–Crippen MR) is 220 cm³/mol. The highest BCUT2D eigenvalue weighted by molar-refractivity contribution is 6.16. The number of nitrogens with zero attached hydrogens (tertiary/aromatic N) is 2. The van der Waals surface area contributed by atoms with Crippen LogP contribution in [0.5, 0.6) is 0 Å². The van der Waals surface area contributed by atoms with Gasteiger partial charge in [0.1, 0.15) is 17.0 Å². The second-order valence-electron chi connectivity index (χ2n) is 12.7. The van der Waals surface area contributed by atoms with E-state index in [4.69, 9.17) is 20.1 Å². The third kappa shape index (κ3) is 6.46. The van der Waals surface area contributed by atoms with Gasteiger partial charge in [-0.2, -0.15) is 0 Å². The Hall–Kier alpha value is -6.78. The highest BCUT2D eigenvalue weighted by Crippen LogP contribution is 2.37. The van der Waals surface area contributed by atoms with Gasteiger partial charge in [-0.25, -0.2) is 4.99 Å². The number of hydrogen-bond acceptors (Lipinski definition) is 2. The van der Waals surface area contributed by atoms with Crippen LogP contribution in [-0.2, 0) is 13.0 Å². The molecular formula is C48H37N3O. The minimum Gasteiger partial charge on any atom is -0.456 e. The monoisotopic (exact) mass is 671 g/mol. The Morgan fingerprint density at radius 3 is 2.27 bits per heavy atom. The normalized spacial score (nSPS) is 12.6. The molecule has 4 nitrogen and oxygen atoms in total. The highest BCUT2D eigenvalue weighted by atomic mass is 16.3. The van der Waals surface area contributed by atoms with Gasteiger partial charge in [-0.05, 0) is 68.4 Å². The Labute approximate surface area is 303 Å². The van der Waals surface area contributed by atoms with E-state index >= 15 is 0 Å². The van der Waals surface area contributed by atoms with Gasteiger partial charge in [0.2, 0.25) is 0 Å². The summed E-state index contributed by atoms with van der Waals surface area (Å²) in [6.45, 7) is 4.14. The van der Waals surface area contributed by atoms with Crippen molar-refractivity contribution in [2.75, 3.05) is 0 Å². The smallest absolute Gasteiger partial charge is 0.157 e. The van der Waals surface area contributed by atoms with E-state index in [1.54, 1.807) is 6.08 Å². The average Bonchev–Trinajstić information content (AvgIpc) is 3.58. The Morgan fingerprint density at radius 1 is 0.635 bits per heavy atom. The lowest BCUT2D eigenvalue weighted by Crippen LogP contribution is -2.17. The first-order valence-electron chi connectivity index (χ1n) is 17.5. The van der Waals surface area contributed by atoms with Crippen LogP contribution >= 0.6 is 0 Å². The van der Waals surface area contributed by atoms with E-state index in [1.165, 1.54) is 21.9 Å². The quantitative estimate of drug-likeness (QED) is 0.0943. The molecule has 0 saturated carbocycles. The minimum absolute atomic E-state index is 0.401. The van der Waals surface area contributed by atoms with Crippen LogP contribution in [-0.4, -0.2) is 11.7 Å². The van der Waals surface area contributed by atoms with E-state index < -0.39 is 0 Å². The molecule has 0 aliphatic rings. The molecular weight excluding hydrogens is 635 g/mol. The van der Waals surface area contributed by atoms with Crippen molar-refractivity contribution in [1.82, 2.24) is 0 Å². The number of amidine groups is 2. The topological polar surface area (TPSA) is 63.9 Å². The van der Waals surface area contributed by atoms with Gasteiger partial charge < -0.3 is 10.2 Å². The van der Waals surface area contributed by atoms with Crippen LogP contribution in [0.1, 0.15) is 22.3 Å². The minimum atomic E-state index is 0.401. The summed E-state index contributed by atoms with van der Waals surface area (Å²) in [5, 5.41) is 6.77. The van der Waals surface area contributed by atoms with Crippen molar-refractivity contribution >= 4 is 55.2 Å². The van der Waals surface area contributed by atoms with Crippen molar-refractivity contribution < 1.29 is 4.42 Å². The van der Waals surface area contributed by atoms with Gasteiger partial charge in [0.25, 0.3) is 0 Å². The maximum Gasteiger partial charge on any atom is 0.157 e. The van der Waals surface area contributed by atoms with Crippen molar-refractivity contribution in [2.24, 2.45) is 15.7 Å². The molecule has 0 radical (unpaired) electrons. The predicted octanol–water partition coefficient (Wildman–Crippen LogP) is 11.8. The standard InChI is InChI=1S/C48H37N3O/c1-2-3-4-5-7-16-34-27-29-42(41-24-13-12-23-39(34)41)47(49)51-48(35-18-8-6-9-19-35)50-32-37-21-15-26-45-46(37)43-31-36(28-30-44(43)52-45)40-25-14-20-33-17-10-11-22-38(33)40/h2-15,17-31H,1,16,32H2,(H2,49,50,51)/b4-3-,7-5-. The van der Waals surface area contributed by atoms with Crippen LogP contribution in [0.15, 0.2) is 197 Å². The van der Waals surface area contributed by atoms with Crippen molar-refractivity contribution in [3.05, 3.63) is 205 Å². The Bertz CT molecular complexity index is 2710. The van der Waals surface area contributed by atoms with E-state index in [0.29, 0.717) is 18.2 Å². The van der Waals surface area contributed by atoms with E-state index in [9.17, 15) is 0 Å². The first kappa shape index (κ1) is 32.4. The van der Waals surface area contributed by atoms with Crippen molar-refractivity contribution in [3.8, 4) is 11.1 Å². The summed E-state index contributed by atoms with van der Waals surface area (Å²) in [6, 6.07) is 50.2. The van der Waals surface area contributed by atoms with Crippen LogP contribution in [0, 0.1) is 0 Å². The SMILES string of the molecule is C=C/C=C\C=C/Cc1ccc(/C(N)=N/C(=N\Cc2cccc3oc4ccc(-c5cccc6ccccc56)cc4c23)c2ccccc2)c2ccccc12. The summed E-state index contributed by atoms with van der Waals surface area (Å²) in [5.41, 5.74) is 14.9. The molecule has 0 bridgehead atoms. The zero-order valence-electron chi connectivity index (χ0n) is 28.7. The molecule has 0 atom stereocenters. The molecule has 52 heavy (non-hydrogen) atoms. The first-order chi connectivity index (χ1) is 25.7. The third-order valence-corrected chi connectivity index (χ3v) is 9.46. The van der Waals surface area contributed by atoms with Crippen LogP contribution in [0.2, 0.25) is 0 Å². The second kappa shape index (κ2) is 14.6. The Morgan fingerprint density at radius 2 is 1.40 bits per heavy atom. The summed E-state index contributed by atoms with van der Waals surface area (Å²) in [4.78, 5) is 10.1. The highest BCUT2D eigenvalue weighted by Gasteiger charge is 2.15. The molecule has 0 spiro atoms. The number of aliphatic imine (C=N–C) groups is 2. The molecule has 250 valence electrons. The molecule has 2 N–H and O–H groups in total. The van der Waals surface area contributed by atoms with Gasteiger partial charge in [0.05, 0.1) is 6.54 Å². The van der Waals surface area contributed by atoms with Crippen molar-refractivity contribution in [3.63, 3.8) is 0 Å². The van der Waals surface area contributed by atoms with E-state index in [2.05, 4.69) is 110 Å². The first-order valence-corrected chi connectivity index (χ1v) is 17.5. The van der Waals surface area contributed by atoms with E-state index in [-0.39, 0.29) is 0 Å². The molecule has 0 unspecified atom stereocenters. The van der Waals surface area contributed by atoms with Crippen LogP contribution in [0.4, 0.5) is 0 Å². The second-order valence-corrected chi connectivity index (χ2v) is 12.7. The molecule has 1 aromatic heterocycles. The zero-order valence-corrected chi connectivity index (χ0v) is 28.7. The third-order valence-electron chi connectivity index (χ3n) is 9.46. The van der Waals surface area contributed by atoms with Crippen molar-refractivity contribution in [2.45, 2.75) is 13.0 Å². The molecule has 0 aliphatic carbocycles. The van der Waals surface area contributed by atoms with Gasteiger partial charge in [0.15, 0.2) is 5.84 Å². The van der Waals surface area contributed by atoms with Crippen LogP contribution in [0.3, 0.4) is 0 Å². The lowest BCUT2D eigenvalue weighted by Gasteiger charge is -2.11. The lowest BCUT2D eigenvalue weighted by atomic mass is 9.96. The summed E-state index contributed by atoms with van der Waals surface area (Å²) in [7, 11) is 0. The number of rotatable bonds is 9. The molecule has 0 saturated heterocycles. The summed E-state index contributed by atoms with van der Waals surface area (Å²) in [5.74, 6) is 0.992. The molecule has 1 heterocycles. The number of furan rings is 1. The van der Waals surface area contributed by atoms with Crippen molar-refractivity contribution in [1.29, 1.82) is 0 Å². The molecule has 7 aromatic carbocycles. The lowest BCUT2D eigenvalue weighted by molar-refractivity contribution is 0.668. The molecule has 4 heteroatoms. The largest absolute Gasteiger partial charge is 0.456 e. The average molecular weight is 672 g/mol. The van der Waals surface area contributed by atoms with Crippen LogP contribution < -0.4 is 5.73 Å². The molecule has 0 amide bonds. The molecule has 0 aliphatic heterocycles. The summed E-state index contributed by atoms with van der Waals surface area (Å²) in [6.07, 6.45) is 10.7. The van der Waals surface area contributed by atoms with Gasteiger partial charge >= 0.3 is 0 Å². The number of fused-ring (bicyclic) bond motifs is 5. The van der Waals surface area contributed by atoms with Gasteiger partial charge in [-0.1, -0.05) is 164 Å². The van der Waals surface area contributed by atoms with Crippen LogP contribution in [0.25, 0.3) is 54.6 Å². The van der Waals surface area contributed by atoms with E-state index in [1.807, 2.05) is 66.8 Å². The molecule has 8 aromatic rings. The van der Waals surface area contributed by atoms with Gasteiger partial charge in [-0.3, -0.25) is 4.99 Å². The maximum absolute atomic E-state index is 6.85. The fourth-order valence-electron chi connectivity index (χ4n) is 6.97.